The molecule has 0 spiro atoms. The maximum absolute atomic E-state index is 12.2. The Morgan fingerprint density at radius 1 is 1.38 bits per heavy atom. The van der Waals surface area contributed by atoms with E-state index in [1.165, 1.54) is 29.1 Å². The van der Waals surface area contributed by atoms with Crippen LogP contribution in [0.3, 0.4) is 0 Å². The van der Waals surface area contributed by atoms with E-state index in [4.69, 9.17) is 5.84 Å². The van der Waals surface area contributed by atoms with Gasteiger partial charge < -0.3 is 5.43 Å². The second kappa shape index (κ2) is 5.38. The first-order valence-electron chi connectivity index (χ1n) is 5.61. The van der Waals surface area contributed by atoms with Crippen molar-refractivity contribution in [1.82, 2.24) is 9.78 Å². The Hall–Kier alpha value is -2.66. The molecule has 0 atom stereocenters. The zero-order valence-electron chi connectivity index (χ0n) is 10.8. The lowest BCUT2D eigenvalue weighted by Crippen LogP contribution is -2.16. The summed E-state index contributed by atoms with van der Waals surface area (Å²) in [5, 5.41) is 14.7. The van der Waals surface area contributed by atoms with E-state index in [0.717, 1.165) is 6.07 Å². The molecule has 2 rings (SSSR count). The average molecular weight is 312 g/mol. The number of rotatable bonds is 5. The number of hydrogen-bond donors (Lipinski definition) is 3. The van der Waals surface area contributed by atoms with E-state index in [1.807, 2.05) is 0 Å². The monoisotopic (exact) mass is 312 g/mol. The van der Waals surface area contributed by atoms with Crippen LogP contribution in [0.5, 0.6) is 0 Å². The van der Waals surface area contributed by atoms with Gasteiger partial charge in [0.25, 0.3) is 15.7 Å². The van der Waals surface area contributed by atoms with Crippen LogP contribution in [0.2, 0.25) is 0 Å². The summed E-state index contributed by atoms with van der Waals surface area (Å²) in [5.41, 5.74) is 1.71. The number of hydrazine groups is 1. The minimum Gasteiger partial charge on any atom is -0.318 e. The van der Waals surface area contributed by atoms with Crippen LogP contribution in [-0.2, 0) is 17.1 Å². The van der Waals surface area contributed by atoms with Crippen LogP contribution in [0.4, 0.5) is 17.2 Å². The minimum absolute atomic E-state index is 0.0134. The molecule has 112 valence electrons. The molecule has 1 aromatic heterocycles. The normalized spacial score (nSPS) is 11.1. The van der Waals surface area contributed by atoms with Gasteiger partial charge in [0.2, 0.25) is 0 Å². The fourth-order valence-corrected chi connectivity index (χ4v) is 2.73. The third kappa shape index (κ3) is 2.93. The molecule has 0 unspecified atom stereocenters. The summed E-state index contributed by atoms with van der Waals surface area (Å²) in [6.45, 7) is 0. The van der Waals surface area contributed by atoms with Gasteiger partial charge in [-0.25, -0.2) is 8.42 Å². The van der Waals surface area contributed by atoms with Crippen molar-refractivity contribution in [2.24, 2.45) is 12.9 Å². The molecular weight excluding hydrogens is 300 g/mol. The van der Waals surface area contributed by atoms with Crippen LogP contribution in [0.1, 0.15) is 0 Å². The van der Waals surface area contributed by atoms with Crippen LogP contribution in [0.25, 0.3) is 0 Å². The van der Waals surface area contributed by atoms with Gasteiger partial charge in [-0.1, -0.05) is 0 Å². The summed E-state index contributed by atoms with van der Waals surface area (Å²) < 4.78 is 28.0. The third-order valence-electron chi connectivity index (χ3n) is 2.69. The molecule has 4 N–H and O–H groups in total. The Labute approximate surface area is 119 Å². The summed E-state index contributed by atoms with van der Waals surface area (Å²) in [5.74, 6) is 5.38. The highest BCUT2D eigenvalue weighted by atomic mass is 32.2. The number of hydrogen-bond acceptors (Lipinski definition) is 7. The lowest BCUT2D eigenvalue weighted by Gasteiger charge is -2.09. The van der Waals surface area contributed by atoms with E-state index in [2.05, 4.69) is 15.2 Å². The van der Waals surface area contributed by atoms with Crippen LogP contribution < -0.4 is 16.0 Å². The van der Waals surface area contributed by atoms with Crippen LogP contribution in [-0.4, -0.2) is 23.1 Å². The van der Waals surface area contributed by atoms with Crippen molar-refractivity contribution in [2.45, 2.75) is 4.90 Å². The first-order valence-corrected chi connectivity index (χ1v) is 7.09. The van der Waals surface area contributed by atoms with Gasteiger partial charge in [-0.15, -0.1) is 0 Å². The van der Waals surface area contributed by atoms with Crippen LogP contribution in [0, 0.1) is 10.1 Å². The van der Waals surface area contributed by atoms with E-state index in [9.17, 15) is 18.5 Å². The minimum atomic E-state index is -3.97. The van der Waals surface area contributed by atoms with Crippen molar-refractivity contribution in [1.29, 1.82) is 0 Å². The number of nitrogens with two attached hydrogens (primary N) is 1. The number of nitrogens with one attached hydrogen (secondary N) is 2. The molecule has 21 heavy (non-hydrogen) atoms. The quantitative estimate of drug-likeness (QED) is 0.412. The summed E-state index contributed by atoms with van der Waals surface area (Å²) in [4.78, 5) is 9.93. The molecular formula is C10H12N6O4S. The summed E-state index contributed by atoms with van der Waals surface area (Å²) in [6.07, 6.45) is 1.42. The number of sulfonamides is 1. The Bertz CT molecular complexity index is 785. The highest BCUT2D eigenvalue weighted by molar-refractivity contribution is 7.92. The molecule has 0 bridgehead atoms. The lowest BCUT2D eigenvalue weighted by molar-refractivity contribution is -0.384. The number of nitro groups is 1. The SMILES string of the molecule is Cn1nccc1NS(=O)(=O)c1ccc(NN)c([N+](=O)[O-])c1. The average Bonchev–Trinajstić information content (AvgIpc) is 2.82. The Balaban J connectivity index is 2.43. The number of nitrogen functional groups attached to an aromatic ring is 1. The van der Waals surface area contributed by atoms with Gasteiger partial charge in [-0.2, -0.15) is 5.10 Å². The van der Waals surface area contributed by atoms with Crippen LogP contribution in [0.15, 0.2) is 35.4 Å². The van der Waals surface area contributed by atoms with Crippen LogP contribution >= 0.6 is 0 Å². The molecule has 0 amide bonds. The standard InChI is InChI=1S/C10H12N6O4S/c1-15-10(4-5-12-15)14-21(19,20)7-2-3-8(13-11)9(6-7)16(17)18/h2-6,13-14H,11H2,1H3. The van der Waals surface area contributed by atoms with Gasteiger partial charge >= 0.3 is 0 Å². The highest BCUT2D eigenvalue weighted by Crippen LogP contribution is 2.27. The summed E-state index contributed by atoms with van der Waals surface area (Å²) >= 11 is 0. The van der Waals surface area contributed by atoms with Crippen molar-refractivity contribution >= 4 is 27.2 Å². The predicted molar refractivity (Wildman–Crippen MR) is 74.9 cm³/mol. The molecule has 0 aliphatic carbocycles. The van der Waals surface area contributed by atoms with E-state index in [-0.39, 0.29) is 16.4 Å². The largest absolute Gasteiger partial charge is 0.318 e. The van der Waals surface area contributed by atoms with Gasteiger partial charge in [-0.3, -0.25) is 25.4 Å². The van der Waals surface area contributed by atoms with Gasteiger partial charge in [0.1, 0.15) is 11.5 Å². The first-order chi connectivity index (χ1) is 9.85. The smallest absolute Gasteiger partial charge is 0.295 e. The molecule has 0 aliphatic rings. The van der Waals surface area contributed by atoms with Gasteiger partial charge in [0.05, 0.1) is 16.0 Å². The lowest BCUT2D eigenvalue weighted by atomic mass is 10.3. The van der Waals surface area contributed by atoms with Crippen molar-refractivity contribution < 1.29 is 13.3 Å². The Kier molecular flexibility index (Phi) is 3.78. The van der Waals surface area contributed by atoms with E-state index < -0.39 is 20.6 Å². The molecule has 2 aromatic rings. The van der Waals surface area contributed by atoms with Crippen molar-refractivity contribution in [3.05, 3.63) is 40.6 Å². The fourth-order valence-electron chi connectivity index (χ4n) is 1.62. The molecule has 10 nitrogen and oxygen atoms in total. The molecule has 0 radical (unpaired) electrons. The van der Waals surface area contributed by atoms with Crippen molar-refractivity contribution in [3.8, 4) is 0 Å². The Morgan fingerprint density at radius 3 is 2.62 bits per heavy atom. The molecule has 0 saturated carbocycles. The zero-order chi connectivity index (χ0) is 15.6. The van der Waals surface area contributed by atoms with E-state index in [1.54, 1.807) is 7.05 Å². The predicted octanol–water partition coefficient (Wildman–Crippen LogP) is 0.415. The number of aryl methyl sites for hydroxylation is 1. The zero-order valence-corrected chi connectivity index (χ0v) is 11.7. The molecule has 0 saturated heterocycles. The highest BCUT2D eigenvalue weighted by Gasteiger charge is 2.21. The molecule has 0 fully saturated rings. The maximum atomic E-state index is 12.2. The number of benzene rings is 1. The molecule has 11 heteroatoms. The van der Waals surface area contributed by atoms with Gasteiger partial charge in [-0.05, 0) is 12.1 Å². The fraction of sp³-hybridized carbons (Fsp3) is 0.100. The van der Waals surface area contributed by atoms with Crippen molar-refractivity contribution in [2.75, 3.05) is 10.1 Å². The number of nitrogens with zero attached hydrogens (tertiary/aromatic N) is 3. The second-order valence-electron chi connectivity index (χ2n) is 4.03. The second-order valence-corrected chi connectivity index (χ2v) is 5.71. The topological polar surface area (TPSA) is 145 Å². The first kappa shape index (κ1) is 14.7. The number of nitro benzene ring substituents is 1. The molecule has 1 heterocycles. The number of aromatic nitrogens is 2. The molecule has 1 aromatic carbocycles. The van der Waals surface area contributed by atoms with Gasteiger partial charge in [0, 0.05) is 19.2 Å². The van der Waals surface area contributed by atoms with E-state index >= 15 is 0 Å². The van der Waals surface area contributed by atoms with E-state index in [0.29, 0.717) is 0 Å². The third-order valence-corrected chi connectivity index (χ3v) is 4.04. The summed E-state index contributed by atoms with van der Waals surface area (Å²) in [7, 11) is -2.41. The maximum Gasteiger partial charge on any atom is 0.295 e. The Morgan fingerprint density at radius 2 is 2.10 bits per heavy atom. The van der Waals surface area contributed by atoms with Crippen molar-refractivity contribution in [3.63, 3.8) is 0 Å². The molecule has 0 aliphatic heterocycles. The number of anilines is 2. The van der Waals surface area contributed by atoms with Gasteiger partial charge in [0.15, 0.2) is 0 Å². The summed E-state index contributed by atoms with van der Waals surface area (Å²) in [6, 6.07) is 4.81.